The Kier molecular flexibility index (Phi) is 15.8. The molecule has 16 heteroatoms. The summed E-state index contributed by atoms with van der Waals surface area (Å²) < 4.78 is 52.5. The molecule has 0 radical (unpaired) electrons. The second-order valence-corrected chi connectivity index (χ2v) is 20.4. The Morgan fingerprint density at radius 3 is 2.15 bits per heavy atom. The normalized spacial score (nSPS) is 22.0. The first-order valence-electron chi connectivity index (χ1n) is 21.7. The van der Waals surface area contributed by atoms with E-state index in [4.69, 9.17) is 19.4 Å². The molecule has 3 saturated heterocycles. The second kappa shape index (κ2) is 19.9. The lowest BCUT2D eigenvalue weighted by Gasteiger charge is -2.34. The largest absolute Gasteiger partial charge is 0.480 e. The third-order valence-electron chi connectivity index (χ3n) is 12.4. The molecule has 7 rings (SSSR count). The topological polar surface area (TPSA) is 175 Å². The van der Waals surface area contributed by atoms with Crippen molar-refractivity contribution in [1.82, 2.24) is 19.9 Å². The minimum absolute atomic E-state index is 0.0683. The number of pyridine rings is 1. The Hall–Kier alpha value is -3.25. The quantitative estimate of drug-likeness (QED) is 0.182. The number of ether oxygens (including phenoxy) is 2. The molecule has 1 unspecified atom stereocenters. The number of hydrogen-bond donors (Lipinski definition) is 5. The monoisotopic (exact) mass is 861 g/mol. The average molecular weight is 861 g/mol. The molecule has 5 heterocycles. The van der Waals surface area contributed by atoms with E-state index in [2.05, 4.69) is 21.5 Å². The van der Waals surface area contributed by atoms with Gasteiger partial charge in [0.25, 0.3) is 0 Å². The number of sulfonamides is 1. The Balaban J connectivity index is 0.000000277. The molecule has 1 aliphatic carbocycles. The van der Waals surface area contributed by atoms with Crippen LogP contribution in [0.15, 0.2) is 24.4 Å². The van der Waals surface area contributed by atoms with Crippen LogP contribution in [0, 0.1) is 11.7 Å². The minimum Gasteiger partial charge on any atom is -0.480 e. The predicted octanol–water partition coefficient (Wildman–Crippen LogP) is 4.55. The number of aromatic nitrogens is 3. The van der Waals surface area contributed by atoms with Gasteiger partial charge in [0, 0.05) is 55.7 Å². The summed E-state index contributed by atoms with van der Waals surface area (Å²) in [5, 5.41) is 30.6. The summed E-state index contributed by atoms with van der Waals surface area (Å²) in [6, 6.07) is 4.86. The van der Waals surface area contributed by atoms with Crippen LogP contribution in [0.25, 0.3) is 22.2 Å². The van der Waals surface area contributed by atoms with Gasteiger partial charge in [-0.3, -0.25) is 9.62 Å². The summed E-state index contributed by atoms with van der Waals surface area (Å²) in [6.45, 7) is 19.3. The van der Waals surface area contributed by atoms with Crippen molar-refractivity contribution in [2.75, 3.05) is 68.9 Å². The number of aliphatic hydroxyl groups is 3. The van der Waals surface area contributed by atoms with E-state index in [9.17, 15) is 23.7 Å². The molecule has 0 amide bonds. The van der Waals surface area contributed by atoms with Crippen LogP contribution in [0.4, 0.5) is 16.0 Å². The van der Waals surface area contributed by atoms with Crippen LogP contribution >= 0.6 is 0 Å². The smallest absolute Gasteiger partial charge is 0.238 e. The molecule has 3 atom stereocenters. The number of anilines is 2. The van der Waals surface area contributed by atoms with Crippen LogP contribution in [-0.2, 0) is 21.3 Å². The molecule has 3 aromatic rings. The molecule has 5 N–H and O–H groups in total. The summed E-state index contributed by atoms with van der Waals surface area (Å²) in [5.74, 6) is 0.686. The van der Waals surface area contributed by atoms with Crippen LogP contribution in [0.1, 0.15) is 105 Å². The molecule has 1 aromatic carbocycles. The Bertz CT molecular complexity index is 1990. The fourth-order valence-electron chi connectivity index (χ4n) is 9.37. The molecule has 3 aliphatic heterocycles. The summed E-state index contributed by atoms with van der Waals surface area (Å²) in [6.07, 6.45) is 11.9. The van der Waals surface area contributed by atoms with Crippen molar-refractivity contribution in [3.05, 3.63) is 35.8 Å². The van der Waals surface area contributed by atoms with Gasteiger partial charge in [0.2, 0.25) is 21.9 Å². The summed E-state index contributed by atoms with van der Waals surface area (Å²) >= 11 is 0. The number of likely N-dealkylation sites (tertiary alicyclic amines) is 2. The molecular weight excluding hydrogens is 790 g/mol. The number of methoxy groups -OCH3 is 1. The maximum atomic E-state index is 15.2. The highest BCUT2D eigenvalue weighted by Crippen LogP contribution is 2.37. The maximum Gasteiger partial charge on any atom is 0.238 e. The number of quaternary nitrogens is 1. The van der Waals surface area contributed by atoms with Gasteiger partial charge in [0.15, 0.2) is 0 Å². The molecule has 60 heavy (non-hydrogen) atoms. The first-order valence-corrected chi connectivity index (χ1v) is 23.6. The Morgan fingerprint density at radius 1 is 0.917 bits per heavy atom. The van der Waals surface area contributed by atoms with Crippen molar-refractivity contribution in [2.24, 2.45) is 5.92 Å². The molecule has 4 aliphatic rings. The standard InChI is InChI=1S/C27H35FN6O5S.C9H19NO.C8H16O/c1-27(2,35)22-6-5-7-34(22)16-18-12-19(28)14-20-23(30-26(31-24(18)20)33-8-10-39-11-9-33)17-13-21(32-40(4,36)37)25(38-3)29-15-17;1-4-10-7-5-6-8(10)9(2,3)11;1-8(2,9)7-5-3-4-6-7/h12-15,22,32,35H,5-11,16H2,1-4H3;8,11H,4-7H2,1-3H3;7,9H,3-6H2,1-2H3/p+1/t22-;8-;/m00./s1. The number of morpholine rings is 1. The van der Waals surface area contributed by atoms with Crippen LogP contribution < -0.4 is 19.3 Å². The summed E-state index contributed by atoms with van der Waals surface area (Å²) in [5.41, 5.74) is 0.488. The van der Waals surface area contributed by atoms with Gasteiger partial charge in [0.1, 0.15) is 23.1 Å². The molecule has 14 nitrogen and oxygen atoms in total. The number of fused-ring (bicyclic) bond motifs is 1. The molecule has 4 fully saturated rings. The van der Waals surface area contributed by atoms with Crippen LogP contribution in [-0.4, -0.2) is 132 Å². The van der Waals surface area contributed by atoms with Crippen LogP contribution in [0.2, 0.25) is 0 Å². The zero-order valence-corrected chi connectivity index (χ0v) is 38.2. The first-order chi connectivity index (χ1) is 28.1. The van der Waals surface area contributed by atoms with Crippen molar-refractivity contribution in [2.45, 2.75) is 135 Å². The Labute approximate surface area is 356 Å². The predicted molar refractivity (Wildman–Crippen MR) is 234 cm³/mol. The third-order valence-corrected chi connectivity index (χ3v) is 13.0. The van der Waals surface area contributed by atoms with E-state index in [1.165, 1.54) is 70.5 Å². The number of rotatable bonds is 11. The SMILES string of the molecule is CC(C)(O)C1CCCC1.CC[NH+]1CCC[C@H]1C(C)(C)O.COc1ncc(-c2nc(N3CCOCC3)nc3c(CN4CCC[C@H]4C(C)(C)O)cc(F)cc23)cc1NS(C)(=O)=O. The zero-order valence-electron chi connectivity index (χ0n) is 37.4. The molecule has 1 saturated carbocycles. The number of halogens is 1. The summed E-state index contributed by atoms with van der Waals surface area (Å²) in [7, 11) is -2.24. The molecule has 0 bridgehead atoms. The van der Waals surface area contributed by atoms with Gasteiger partial charge in [-0.1, -0.05) is 12.8 Å². The van der Waals surface area contributed by atoms with E-state index in [1.54, 1.807) is 24.8 Å². The van der Waals surface area contributed by atoms with Crippen molar-refractivity contribution in [1.29, 1.82) is 0 Å². The number of nitrogens with one attached hydrogen (secondary N) is 2. The van der Waals surface area contributed by atoms with Gasteiger partial charge in [-0.05, 0) is 110 Å². The van der Waals surface area contributed by atoms with Gasteiger partial charge in [-0.15, -0.1) is 0 Å². The van der Waals surface area contributed by atoms with E-state index in [-0.39, 0.29) is 17.6 Å². The highest BCUT2D eigenvalue weighted by Gasteiger charge is 2.39. The van der Waals surface area contributed by atoms with Gasteiger partial charge in [0.05, 0.1) is 62.1 Å². The lowest BCUT2D eigenvalue weighted by molar-refractivity contribution is -0.917. The number of nitrogens with zero attached hydrogens (tertiary/aromatic N) is 5. The van der Waals surface area contributed by atoms with E-state index < -0.39 is 32.6 Å². The summed E-state index contributed by atoms with van der Waals surface area (Å²) in [4.78, 5) is 19.8. The lowest BCUT2D eigenvalue weighted by atomic mass is 9.90. The van der Waals surface area contributed by atoms with E-state index in [0.29, 0.717) is 78.5 Å². The highest BCUT2D eigenvalue weighted by molar-refractivity contribution is 7.92. The van der Waals surface area contributed by atoms with Crippen molar-refractivity contribution in [3.8, 4) is 17.1 Å². The van der Waals surface area contributed by atoms with Crippen molar-refractivity contribution in [3.63, 3.8) is 0 Å². The minimum atomic E-state index is -3.63. The fraction of sp³-hybridized carbons (Fsp3) is 0.705. The van der Waals surface area contributed by atoms with Crippen LogP contribution in [0.5, 0.6) is 5.88 Å². The van der Waals surface area contributed by atoms with E-state index >= 15 is 4.39 Å². The van der Waals surface area contributed by atoms with Gasteiger partial charge in [-0.2, -0.15) is 0 Å². The molecule has 0 spiro atoms. The molecule has 336 valence electrons. The van der Waals surface area contributed by atoms with E-state index in [0.717, 1.165) is 32.2 Å². The zero-order chi connectivity index (χ0) is 44.0. The number of benzene rings is 1. The van der Waals surface area contributed by atoms with Crippen LogP contribution in [0.3, 0.4) is 0 Å². The van der Waals surface area contributed by atoms with Gasteiger partial charge < -0.3 is 34.6 Å². The lowest BCUT2D eigenvalue weighted by Crippen LogP contribution is -3.15. The average Bonchev–Trinajstić information content (AvgIpc) is 3.97. The highest BCUT2D eigenvalue weighted by atomic mass is 32.2. The Morgan fingerprint density at radius 2 is 1.60 bits per heavy atom. The van der Waals surface area contributed by atoms with Gasteiger partial charge >= 0.3 is 0 Å². The fourth-order valence-corrected chi connectivity index (χ4v) is 9.92. The molecule has 2 aromatic heterocycles. The van der Waals surface area contributed by atoms with E-state index in [1.807, 2.05) is 32.6 Å². The van der Waals surface area contributed by atoms with Gasteiger partial charge in [-0.25, -0.2) is 27.8 Å². The number of likely N-dealkylation sites (N-methyl/N-ethyl adjacent to an activating group) is 1. The molecular formula is C44H71FN7O7S+. The van der Waals surface area contributed by atoms with Crippen molar-refractivity contribution < 1.29 is 42.5 Å². The third kappa shape index (κ3) is 12.7. The first kappa shape index (κ1) is 47.8. The maximum absolute atomic E-state index is 15.2. The van der Waals surface area contributed by atoms with Crippen molar-refractivity contribution >= 4 is 32.6 Å². The number of hydrogen-bond acceptors (Lipinski definition) is 12. The second-order valence-electron chi connectivity index (χ2n) is 18.6.